The number of hydrogen-bond donors (Lipinski definition) is 1. The molecule has 2 heterocycles. The van der Waals surface area contributed by atoms with Gasteiger partial charge in [0, 0.05) is 5.69 Å². The number of carbonyl (C=O) groups is 2. The lowest BCUT2D eigenvalue weighted by Gasteiger charge is -2.15. The van der Waals surface area contributed by atoms with Gasteiger partial charge in [-0.15, -0.1) is 0 Å². The first-order valence-electron chi connectivity index (χ1n) is 8.35. The Labute approximate surface area is 161 Å². The zero-order valence-corrected chi connectivity index (χ0v) is 15.9. The van der Waals surface area contributed by atoms with E-state index >= 15 is 0 Å². The van der Waals surface area contributed by atoms with Crippen LogP contribution in [0.5, 0.6) is 11.5 Å². The summed E-state index contributed by atoms with van der Waals surface area (Å²) in [7, 11) is 0. The number of amides is 1. The molecule has 0 saturated carbocycles. The average molecular weight is 391 g/mol. The van der Waals surface area contributed by atoms with E-state index in [4.69, 9.17) is 25.8 Å². The van der Waals surface area contributed by atoms with Gasteiger partial charge in [-0.25, -0.2) is 9.78 Å². The second-order valence-corrected chi connectivity index (χ2v) is 6.58. The lowest BCUT2D eigenvalue weighted by molar-refractivity contribution is -0.124. The van der Waals surface area contributed by atoms with Gasteiger partial charge >= 0.3 is 5.97 Å². The topological polar surface area (TPSA) is 86.8 Å². The van der Waals surface area contributed by atoms with Crippen LogP contribution in [-0.2, 0) is 9.53 Å². The van der Waals surface area contributed by atoms with E-state index in [1.807, 2.05) is 13.0 Å². The highest BCUT2D eigenvalue weighted by Crippen LogP contribution is 2.34. The van der Waals surface area contributed by atoms with E-state index in [-0.39, 0.29) is 23.6 Å². The van der Waals surface area contributed by atoms with Crippen molar-refractivity contribution in [1.29, 1.82) is 0 Å². The molecule has 0 bridgehead atoms. The second-order valence-electron chi connectivity index (χ2n) is 6.22. The van der Waals surface area contributed by atoms with Crippen molar-refractivity contribution >= 4 is 23.5 Å². The van der Waals surface area contributed by atoms with Crippen LogP contribution in [0.4, 0.5) is 0 Å². The predicted octanol–water partition coefficient (Wildman–Crippen LogP) is 3.11. The molecule has 1 amide bonds. The third-order valence-electron chi connectivity index (χ3n) is 4.11. The Morgan fingerprint density at radius 2 is 2.00 bits per heavy atom. The molecule has 27 heavy (non-hydrogen) atoms. The van der Waals surface area contributed by atoms with E-state index in [1.165, 1.54) is 0 Å². The maximum Gasteiger partial charge on any atom is 0.342 e. The molecule has 1 aliphatic rings. The molecule has 0 spiro atoms. The van der Waals surface area contributed by atoms with Gasteiger partial charge < -0.3 is 19.5 Å². The highest BCUT2D eigenvalue weighted by Gasteiger charge is 2.20. The Bertz CT molecular complexity index is 877. The smallest absolute Gasteiger partial charge is 0.342 e. The Balaban J connectivity index is 1.57. The molecule has 0 aliphatic carbocycles. The lowest BCUT2D eigenvalue weighted by Crippen LogP contribution is -2.31. The van der Waals surface area contributed by atoms with Crippen molar-refractivity contribution in [3.05, 3.63) is 51.8 Å². The van der Waals surface area contributed by atoms with Crippen molar-refractivity contribution < 1.29 is 23.8 Å². The van der Waals surface area contributed by atoms with Crippen molar-refractivity contribution in [3.63, 3.8) is 0 Å². The van der Waals surface area contributed by atoms with E-state index in [2.05, 4.69) is 10.3 Å². The molecular weight excluding hydrogens is 372 g/mol. The first kappa shape index (κ1) is 19.0. The average Bonchev–Trinajstić information content (AvgIpc) is 3.06. The van der Waals surface area contributed by atoms with Gasteiger partial charge in [0.05, 0.1) is 11.6 Å². The van der Waals surface area contributed by atoms with Crippen molar-refractivity contribution in [3.8, 4) is 11.5 Å². The number of aryl methyl sites for hydroxylation is 2. The molecule has 1 aliphatic heterocycles. The van der Waals surface area contributed by atoms with E-state index < -0.39 is 18.5 Å². The monoisotopic (exact) mass is 390 g/mol. The highest BCUT2D eigenvalue weighted by atomic mass is 35.5. The molecule has 0 radical (unpaired) electrons. The highest BCUT2D eigenvalue weighted by molar-refractivity contribution is 6.32. The maximum absolute atomic E-state index is 12.2. The fourth-order valence-corrected chi connectivity index (χ4v) is 3.15. The van der Waals surface area contributed by atoms with Crippen LogP contribution in [0.15, 0.2) is 24.3 Å². The van der Waals surface area contributed by atoms with Gasteiger partial charge in [0.25, 0.3) is 5.91 Å². The lowest BCUT2D eigenvalue weighted by atomic mass is 10.1. The zero-order chi connectivity index (χ0) is 19.6. The number of carbonyl (C=O) groups excluding carboxylic acids is 2. The number of esters is 1. The van der Waals surface area contributed by atoms with Gasteiger partial charge in [0.2, 0.25) is 6.79 Å². The van der Waals surface area contributed by atoms with E-state index in [1.54, 1.807) is 32.0 Å². The molecule has 1 N–H and O–H groups in total. The number of hydrogen-bond acceptors (Lipinski definition) is 6. The van der Waals surface area contributed by atoms with Gasteiger partial charge in [-0.3, -0.25) is 4.79 Å². The standard InChI is InChI=1S/C19H19ClN2O5/c1-10-6-11(2)21-18(20)17(10)19(24)25-8-16(23)22-12(3)13-4-5-14-15(7-13)27-9-26-14/h4-7,12H,8-9H2,1-3H3,(H,22,23)/t12-/m0/s1. The molecule has 1 aromatic carbocycles. The summed E-state index contributed by atoms with van der Waals surface area (Å²) in [5.74, 6) is 0.195. The van der Waals surface area contributed by atoms with Gasteiger partial charge in [-0.05, 0) is 50.1 Å². The Morgan fingerprint density at radius 1 is 1.26 bits per heavy atom. The molecule has 2 aromatic rings. The quantitative estimate of drug-likeness (QED) is 0.623. The van der Waals surface area contributed by atoms with Crippen molar-refractivity contribution in [2.24, 2.45) is 0 Å². The largest absolute Gasteiger partial charge is 0.454 e. The number of nitrogens with zero attached hydrogens (tertiary/aromatic N) is 1. The van der Waals surface area contributed by atoms with Gasteiger partial charge in [-0.1, -0.05) is 17.7 Å². The minimum Gasteiger partial charge on any atom is -0.454 e. The van der Waals surface area contributed by atoms with E-state index in [0.29, 0.717) is 22.8 Å². The van der Waals surface area contributed by atoms with Crippen LogP contribution in [-0.4, -0.2) is 30.3 Å². The summed E-state index contributed by atoms with van der Waals surface area (Å²) in [6.45, 7) is 5.10. The van der Waals surface area contributed by atoms with Crippen LogP contribution >= 0.6 is 11.6 Å². The molecule has 0 fully saturated rings. The molecule has 8 heteroatoms. The molecule has 0 unspecified atom stereocenters. The normalized spacial score (nSPS) is 13.2. The van der Waals surface area contributed by atoms with E-state index in [0.717, 1.165) is 5.56 Å². The Morgan fingerprint density at radius 3 is 2.74 bits per heavy atom. The number of rotatable bonds is 5. The molecule has 7 nitrogen and oxygen atoms in total. The minimum absolute atomic E-state index is 0.0617. The van der Waals surface area contributed by atoms with Crippen molar-refractivity contribution in [2.45, 2.75) is 26.8 Å². The van der Waals surface area contributed by atoms with E-state index in [9.17, 15) is 9.59 Å². The first-order chi connectivity index (χ1) is 12.8. The number of pyridine rings is 1. The number of fused-ring (bicyclic) bond motifs is 1. The molecule has 1 aromatic heterocycles. The van der Waals surface area contributed by atoms with Crippen LogP contribution in [0.25, 0.3) is 0 Å². The number of benzene rings is 1. The summed E-state index contributed by atoms with van der Waals surface area (Å²) < 4.78 is 15.7. The van der Waals surface area contributed by atoms with Crippen molar-refractivity contribution in [2.75, 3.05) is 13.4 Å². The number of ether oxygens (including phenoxy) is 3. The van der Waals surface area contributed by atoms with Gasteiger partial charge in [0.15, 0.2) is 18.1 Å². The Kier molecular flexibility index (Phi) is 5.51. The number of nitrogens with one attached hydrogen (secondary N) is 1. The minimum atomic E-state index is -0.684. The number of halogens is 1. The van der Waals surface area contributed by atoms with Crippen LogP contribution < -0.4 is 14.8 Å². The predicted molar refractivity (Wildman–Crippen MR) is 98.1 cm³/mol. The summed E-state index contributed by atoms with van der Waals surface area (Å²) in [5.41, 5.74) is 2.36. The third-order valence-corrected chi connectivity index (χ3v) is 4.39. The van der Waals surface area contributed by atoms with Crippen LogP contribution in [0.1, 0.15) is 40.1 Å². The summed E-state index contributed by atoms with van der Waals surface area (Å²) in [6.07, 6.45) is 0. The summed E-state index contributed by atoms with van der Waals surface area (Å²) in [6, 6.07) is 6.86. The molecule has 1 atom stereocenters. The zero-order valence-electron chi connectivity index (χ0n) is 15.2. The summed E-state index contributed by atoms with van der Waals surface area (Å²) >= 11 is 6.02. The van der Waals surface area contributed by atoms with Gasteiger partial charge in [0.1, 0.15) is 5.15 Å². The SMILES string of the molecule is Cc1cc(C)c(C(=O)OCC(=O)N[C@@H](C)c2ccc3c(c2)OCO3)c(Cl)n1. The van der Waals surface area contributed by atoms with Crippen LogP contribution in [0.3, 0.4) is 0 Å². The third kappa shape index (κ3) is 4.31. The maximum atomic E-state index is 12.2. The molecule has 0 saturated heterocycles. The van der Waals surface area contributed by atoms with Crippen molar-refractivity contribution in [1.82, 2.24) is 10.3 Å². The molecular formula is C19H19ClN2O5. The molecule has 3 rings (SSSR count). The van der Waals surface area contributed by atoms with Crippen LogP contribution in [0.2, 0.25) is 5.15 Å². The van der Waals surface area contributed by atoms with Gasteiger partial charge in [-0.2, -0.15) is 0 Å². The molecule has 142 valence electrons. The second kappa shape index (κ2) is 7.84. The van der Waals surface area contributed by atoms with Crippen LogP contribution in [0, 0.1) is 13.8 Å². The summed E-state index contributed by atoms with van der Waals surface area (Å²) in [4.78, 5) is 28.4. The fourth-order valence-electron chi connectivity index (χ4n) is 2.79. The summed E-state index contributed by atoms with van der Waals surface area (Å²) in [5, 5.41) is 2.83. The number of aromatic nitrogens is 1. The first-order valence-corrected chi connectivity index (χ1v) is 8.72. The Hall–Kier alpha value is -2.80. The fraction of sp³-hybridized carbons (Fsp3) is 0.316.